The van der Waals surface area contributed by atoms with Crippen LogP contribution in [0.4, 0.5) is 0 Å². The second kappa shape index (κ2) is 6.13. The van der Waals surface area contributed by atoms with Crippen molar-refractivity contribution in [2.75, 3.05) is 6.54 Å². The zero-order chi connectivity index (χ0) is 13.9. The van der Waals surface area contributed by atoms with Crippen LogP contribution in [0.5, 0.6) is 0 Å². The van der Waals surface area contributed by atoms with Crippen molar-refractivity contribution in [1.29, 1.82) is 0 Å². The number of hydrogen-bond acceptors (Lipinski definition) is 2. The van der Waals surface area contributed by atoms with Gasteiger partial charge in [0.05, 0.1) is 11.7 Å². The van der Waals surface area contributed by atoms with Crippen LogP contribution in [-0.2, 0) is 4.74 Å². The highest BCUT2D eigenvalue weighted by Gasteiger charge is 2.40. The van der Waals surface area contributed by atoms with Gasteiger partial charge < -0.3 is 10.1 Å². The molecule has 2 rings (SSSR count). The fourth-order valence-corrected chi connectivity index (χ4v) is 3.50. The summed E-state index contributed by atoms with van der Waals surface area (Å²) in [5.41, 5.74) is 0.449. The highest BCUT2D eigenvalue weighted by Crippen LogP contribution is 2.41. The van der Waals surface area contributed by atoms with Gasteiger partial charge in [-0.3, -0.25) is 0 Å². The minimum Gasteiger partial charge on any atom is -0.372 e. The average Bonchev–Trinajstić information content (AvgIpc) is 2.24. The predicted octanol–water partition coefficient (Wildman–Crippen LogP) is 4.28. The zero-order valence-corrected chi connectivity index (χ0v) is 13.4. The van der Waals surface area contributed by atoms with E-state index in [1.807, 2.05) is 0 Å². The predicted molar refractivity (Wildman–Crippen MR) is 81.5 cm³/mol. The van der Waals surface area contributed by atoms with Crippen molar-refractivity contribution in [3.05, 3.63) is 0 Å². The SMILES string of the molecule is CC1CCCC(OC2(CCNC(C)(C)C)CCC2)C1. The first-order valence-electron chi connectivity index (χ1n) is 8.31. The summed E-state index contributed by atoms with van der Waals surface area (Å²) >= 11 is 0. The Morgan fingerprint density at radius 3 is 2.42 bits per heavy atom. The average molecular weight is 267 g/mol. The molecular formula is C17H33NO. The molecule has 0 aliphatic heterocycles. The zero-order valence-electron chi connectivity index (χ0n) is 13.4. The Bertz CT molecular complexity index is 277. The molecule has 2 saturated carbocycles. The van der Waals surface area contributed by atoms with Crippen LogP contribution >= 0.6 is 0 Å². The van der Waals surface area contributed by atoms with E-state index in [9.17, 15) is 0 Å². The minimum atomic E-state index is 0.222. The minimum absolute atomic E-state index is 0.222. The third-order valence-electron chi connectivity index (χ3n) is 4.81. The molecule has 2 aliphatic carbocycles. The monoisotopic (exact) mass is 267 g/mol. The van der Waals surface area contributed by atoms with Gasteiger partial charge in [0, 0.05) is 5.54 Å². The summed E-state index contributed by atoms with van der Waals surface area (Å²) in [5.74, 6) is 0.864. The van der Waals surface area contributed by atoms with E-state index >= 15 is 0 Å². The van der Waals surface area contributed by atoms with Crippen LogP contribution in [0, 0.1) is 5.92 Å². The molecule has 1 N–H and O–H groups in total. The van der Waals surface area contributed by atoms with Crippen LogP contribution in [-0.4, -0.2) is 23.8 Å². The molecule has 0 spiro atoms. The van der Waals surface area contributed by atoms with Crippen molar-refractivity contribution < 1.29 is 4.74 Å². The van der Waals surface area contributed by atoms with E-state index in [4.69, 9.17) is 4.74 Å². The lowest BCUT2D eigenvalue weighted by Gasteiger charge is -2.46. The first-order chi connectivity index (χ1) is 8.89. The highest BCUT2D eigenvalue weighted by atomic mass is 16.5. The van der Waals surface area contributed by atoms with Crippen molar-refractivity contribution in [1.82, 2.24) is 5.32 Å². The fraction of sp³-hybridized carbons (Fsp3) is 1.00. The number of rotatable bonds is 5. The second-order valence-electron chi connectivity index (χ2n) is 7.97. The van der Waals surface area contributed by atoms with Gasteiger partial charge in [0.15, 0.2) is 0 Å². The van der Waals surface area contributed by atoms with Crippen LogP contribution in [0.2, 0.25) is 0 Å². The number of hydrogen-bond donors (Lipinski definition) is 1. The topological polar surface area (TPSA) is 21.3 Å². The Hall–Kier alpha value is -0.0800. The third-order valence-corrected chi connectivity index (χ3v) is 4.81. The molecule has 2 atom stereocenters. The summed E-state index contributed by atoms with van der Waals surface area (Å²) in [6, 6.07) is 0. The van der Waals surface area contributed by atoms with E-state index in [-0.39, 0.29) is 11.1 Å². The molecule has 2 heteroatoms. The summed E-state index contributed by atoms with van der Waals surface area (Å²) < 4.78 is 6.56. The smallest absolute Gasteiger partial charge is 0.0698 e. The van der Waals surface area contributed by atoms with Gasteiger partial charge in [0.1, 0.15) is 0 Å². The lowest BCUT2D eigenvalue weighted by Crippen LogP contribution is -2.47. The van der Waals surface area contributed by atoms with Gasteiger partial charge >= 0.3 is 0 Å². The molecule has 2 aliphatic rings. The van der Waals surface area contributed by atoms with Crippen molar-refractivity contribution in [2.24, 2.45) is 5.92 Å². The van der Waals surface area contributed by atoms with Crippen LogP contribution < -0.4 is 5.32 Å². The van der Waals surface area contributed by atoms with Crippen LogP contribution in [0.3, 0.4) is 0 Å². The quantitative estimate of drug-likeness (QED) is 0.802. The molecule has 2 fully saturated rings. The molecular weight excluding hydrogens is 234 g/mol. The van der Waals surface area contributed by atoms with E-state index < -0.39 is 0 Å². The fourth-order valence-electron chi connectivity index (χ4n) is 3.50. The molecule has 19 heavy (non-hydrogen) atoms. The Labute approximate surface area is 119 Å². The van der Waals surface area contributed by atoms with Crippen molar-refractivity contribution in [3.8, 4) is 0 Å². The molecule has 2 unspecified atom stereocenters. The lowest BCUT2D eigenvalue weighted by atomic mass is 9.76. The Morgan fingerprint density at radius 2 is 1.89 bits per heavy atom. The molecule has 0 aromatic rings. The standard InChI is InChI=1S/C17H33NO/c1-14-7-5-8-15(13-14)19-17(9-6-10-17)11-12-18-16(2,3)4/h14-15,18H,5-13H2,1-4H3. The van der Waals surface area contributed by atoms with Crippen molar-refractivity contribution in [2.45, 2.75) is 96.3 Å². The molecule has 0 radical (unpaired) electrons. The van der Waals surface area contributed by atoms with Gasteiger partial charge in [-0.05, 0) is 71.8 Å². The van der Waals surface area contributed by atoms with Crippen molar-refractivity contribution >= 4 is 0 Å². The molecule has 0 aromatic heterocycles. The van der Waals surface area contributed by atoms with E-state index in [0.29, 0.717) is 6.10 Å². The van der Waals surface area contributed by atoms with E-state index in [1.54, 1.807) is 0 Å². The van der Waals surface area contributed by atoms with Crippen LogP contribution in [0.25, 0.3) is 0 Å². The van der Waals surface area contributed by atoms with Gasteiger partial charge in [0.2, 0.25) is 0 Å². The Balaban J connectivity index is 1.78. The van der Waals surface area contributed by atoms with Crippen LogP contribution in [0.1, 0.15) is 79.1 Å². The molecule has 2 nitrogen and oxygen atoms in total. The number of nitrogens with one attached hydrogen (secondary N) is 1. The van der Waals surface area contributed by atoms with Gasteiger partial charge in [-0.25, -0.2) is 0 Å². The first-order valence-corrected chi connectivity index (χ1v) is 8.31. The summed E-state index contributed by atoms with van der Waals surface area (Å²) in [5, 5.41) is 3.61. The van der Waals surface area contributed by atoms with E-state index in [0.717, 1.165) is 12.5 Å². The van der Waals surface area contributed by atoms with Crippen LogP contribution in [0.15, 0.2) is 0 Å². The molecule has 0 amide bonds. The van der Waals surface area contributed by atoms with E-state index in [1.165, 1.54) is 51.4 Å². The Morgan fingerprint density at radius 1 is 1.16 bits per heavy atom. The van der Waals surface area contributed by atoms with Crippen molar-refractivity contribution in [3.63, 3.8) is 0 Å². The Kier molecular flexibility index (Phi) is 4.94. The largest absolute Gasteiger partial charge is 0.372 e. The normalized spacial score (nSPS) is 30.9. The van der Waals surface area contributed by atoms with Gasteiger partial charge in [-0.15, -0.1) is 0 Å². The van der Waals surface area contributed by atoms with Gasteiger partial charge in [0.25, 0.3) is 0 Å². The van der Waals surface area contributed by atoms with Gasteiger partial charge in [-0.2, -0.15) is 0 Å². The summed E-state index contributed by atoms with van der Waals surface area (Å²) in [7, 11) is 0. The van der Waals surface area contributed by atoms with Gasteiger partial charge in [-0.1, -0.05) is 19.8 Å². The molecule has 0 saturated heterocycles. The molecule has 0 heterocycles. The van der Waals surface area contributed by atoms with E-state index in [2.05, 4.69) is 33.0 Å². The first kappa shape index (κ1) is 15.3. The maximum atomic E-state index is 6.56. The third kappa shape index (κ3) is 4.75. The summed E-state index contributed by atoms with van der Waals surface area (Å²) in [4.78, 5) is 0. The molecule has 0 aromatic carbocycles. The lowest BCUT2D eigenvalue weighted by molar-refractivity contribution is -0.155. The molecule has 112 valence electrons. The molecule has 0 bridgehead atoms. The maximum Gasteiger partial charge on any atom is 0.0698 e. The summed E-state index contributed by atoms with van der Waals surface area (Å²) in [6.07, 6.45) is 11.0. The number of ether oxygens (including phenoxy) is 1. The summed E-state index contributed by atoms with van der Waals surface area (Å²) in [6.45, 7) is 10.2. The second-order valence-corrected chi connectivity index (χ2v) is 7.97. The highest BCUT2D eigenvalue weighted by molar-refractivity contribution is 4.92. The maximum absolute atomic E-state index is 6.56.